The van der Waals surface area contributed by atoms with Crippen LogP contribution in [0.25, 0.3) is 0 Å². The molecule has 7 aliphatic carbocycles. The maximum atomic E-state index is 16.3. The number of rotatable bonds is 6. The van der Waals surface area contributed by atoms with Crippen LogP contribution in [0.1, 0.15) is 150 Å². The molecular weight excluding hydrogens is 819 g/mol. The molecule has 8 nitrogen and oxygen atoms in total. The minimum atomic E-state index is -1.14. The second-order valence-corrected chi connectivity index (χ2v) is 24.4. The molecule has 0 radical (unpaired) electrons. The SMILES string of the molecule is CC1CC2=C3C4C5=C6C(C=CC(C7CCCCC7)CC7C68C(=O)OC(=C(O)CC(CC6CCCCC6)N6CC9CC(C6)C(C=C2)N3C9)C8(CC5)C72OC(=O)c3c(CCCN)cccc32)CC14. The molecule has 350 valence electrons. The lowest BCUT2D eigenvalue weighted by atomic mass is 9.27. The summed E-state index contributed by atoms with van der Waals surface area (Å²) in [7, 11) is 0. The van der Waals surface area contributed by atoms with Crippen molar-refractivity contribution < 1.29 is 24.2 Å². The highest BCUT2D eigenvalue weighted by Gasteiger charge is 2.94. The van der Waals surface area contributed by atoms with Gasteiger partial charge < -0.3 is 25.2 Å². The van der Waals surface area contributed by atoms with Crippen molar-refractivity contribution in [3.8, 4) is 0 Å². The van der Waals surface area contributed by atoms with Crippen molar-refractivity contribution in [3.05, 3.63) is 93.1 Å². The number of piperidine rings is 2. The molecule has 17 rings (SSSR count). The summed E-state index contributed by atoms with van der Waals surface area (Å²) in [6.45, 7) is 6.25. The van der Waals surface area contributed by atoms with E-state index in [1.54, 1.807) is 5.70 Å². The van der Waals surface area contributed by atoms with Crippen molar-refractivity contribution in [3.63, 3.8) is 0 Å². The Morgan fingerprint density at radius 2 is 1.74 bits per heavy atom. The summed E-state index contributed by atoms with van der Waals surface area (Å²) in [4.78, 5) is 37.1. The van der Waals surface area contributed by atoms with Gasteiger partial charge in [0.15, 0.2) is 11.4 Å². The Hall–Kier alpha value is -3.62. The van der Waals surface area contributed by atoms with Crippen LogP contribution in [0, 0.1) is 70.0 Å². The molecular formula is C58H73N3O5. The predicted octanol–water partition coefficient (Wildman–Crippen LogP) is 10.6. The fourth-order valence-corrected chi connectivity index (χ4v) is 19.4. The molecule has 1 aromatic rings. The minimum Gasteiger partial charge on any atom is -0.509 e. The van der Waals surface area contributed by atoms with Gasteiger partial charge in [0, 0.05) is 55.2 Å². The molecule has 3 saturated carbocycles. The van der Waals surface area contributed by atoms with Crippen LogP contribution >= 0.6 is 0 Å². The lowest BCUT2D eigenvalue weighted by Gasteiger charge is -2.73. The van der Waals surface area contributed by atoms with Gasteiger partial charge in [0.05, 0.1) is 17.0 Å². The molecule has 6 fully saturated rings. The van der Waals surface area contributed by atoms with Gasteiger partial charge in [-0.1, -0.05) is 106 Å². The highest BCUT2D eigenvalue weighted by atomic mass is 16.6. The average molecular weight is 892 g/mol. The lowest BCUT2D eigenvalue weighted by Crippen LogP contribution is -2.78. The number of aliphatic hydroxyl groups is 1. The van der Waals surface area contributed by atoms with E-state index >= 15 is 9.59 Å². The Bertz CT molecular complexity index is 2420. The molecule has 14 unspecified atom stereocenters. The van der Waals surface area contributed by atoms with E-state index in [9.17, 15) is 5.11 Å². The van der Waals surface area contributed by atoms with E-state index in [2.05, 4.69) is 59.2 Å². The van der Waals surface area contributed by atoms with Crippen LogP contribution in [0.5, 0.6) is 0 Å². The fourth-order valence-electron chi connectivity index (χ4n) is 19.4. The second-order valence-electron chi connectivity index (χ2n) is 24.4. The van der Waals surface area contributed by atoms with Crippen LogP contribution in [-0.2, 0) is 26.3 Å². The van der Waals surface area contributed by atoms with Gasteiger partial charge in [0.2, 0.25) is 0 Å². The van der Waals surface area contributed by atoms with Crippen molar-refractivity contribution in [1.29, 1.82) is 0 Å². The van der Waals surface area contributed by atoms with Gasteiger partial charge in [0.25, 0.3) is 0 Å². The van der Waals surface area contributed by atoms with E-state index in [-0.39, 0.29) is 47.4 Å². The molecule has 16 aliphatic rings. The van der Waals surface area contributed by atoms with Crippen LogP contribution in [-0.4, -0.2) is 65.1 Å². The van der Waals surface area contributed by atoms with E-state index in [0.29, 0.717) is 78.7 Å². The molecule has 3 spiro atoms. The molecule has 9 aliphatic heterocycles. The van der Waals surface area contributed by atoms with Crippen molar-refractivity contribution in [1.82, 2.24) is 9.80 Å². The van der Waals surface area contributed by atoms with E-state index < -0.39 is 16.4 Å². The van der Waals surface area contributed by atoms with E-state index in [4.69, 9.17) is 15.2 Å². The number of aliphatic hydroxyl groups excluding tert-OH is 1. The first-order valence-electron chi connectivity index (χ1n) is 27.3. The zero-order valence-electron chi connectivity index (χ0n) is 39.5. The maximum absolute atomic E-state index is 16.3. The molecule has 9 heterocycles. The van der Waals surface area contributed by atoms with Crippen molar-refractivity contribution in [2.45, 2.75) is 153 Å². The third-order valence-corrected chi connectivity index (χ3v) is 21.6. The summed E-state index contributed by atoms with van der Waals surface area (Å²) in [6.07, 6.45) is 31.6. The second kappa shape index (κ2) is 14.9. The first-order valence-corrected chi connectivity index (χ1v) is 27.3. The monoisotopic (exact) mass is 892 g/mol. The molecule has 66 heavy (non-hydrogen) atoms. The maximum Gasteiger partial charge on any atom is 0.339 e. The van der Waals surface area contributed by atoms with Crippen LogP contribution in [0.2, 0.25) is 0 Å². The van der Waals surface area contributed by atoms with Crippen LogP contribution < -0.4 is 5.73 Å². The van der Waals surface area contributed by atoms with Crippen LogP contribution in [0.4, 0.5) is 0 Å². The van der Waals surface area contributed by atoms with Gasteiger partial charge in [-0.3, -0.25) is 9.69 Å². The number of benzene rings is 1. The Morgan fingerprint density at radius 3 is 2.58 bits per heavy atom. The quantitative estimate of drug-likeness (QED) is 0.215. The highest BCUT2D eigenvalue weighted by molar-refractivity contribution is 6.00. The largest absolute Gasteiger partial charge is 0.509 e. The van der Waals surface area contributed by atoms with E-state index in [1.165, 1.54) is 87.3 Å². The Morgan fingerprint density at radius 1 is 0.909 bits per heavy atom. The standard InChI is InChI=1S/C58H73N3O5/c1-33-24-40-19-20-46-41-25-35-30-60(32-41)42(26-34-10-4-2-5-11-34)29-47(62)53-56-22-21-43-50(52(40)61(46)31-35)44(33)27-39-18-17-38(36-12-6-3-7-13-36)28-48(57(56,51(39)43)55(64)65-53)58(56)45-16-8-14-37(15-9-23-59)49(45)54(63)66-58/h8,14,16-20,33-36,38-39,41-42,44,46,48,50,62H,2-7,9-13,15,21-32,59H2,1H3. The molecule has 0 amide bonds. The number of carbonyl (C=O) groups is 2. The zero-order chi connectivity index (χ0) is 44.3. The Kier molecular flexibility index (Phi) is 9.36. The van der Waals surface area contributed by atoms with Crippen molar-refractivity contribution in [2.75, 3.05) is 26.2 Å². The molecule has 14 atom stereocenters. The number of aryl methyl sites for hydroxylation is 1. The van der Waals surface area contributed by atoms with E-state index in [1.807, 2.05) is 0 Å². The smallest absolute Gasteiger partial charge is 0.339 e. The normalized spacial score (nSPS) is 44.1. The van der Waals surface area contributed by atoms with Crippen molar-refractivity contribution in [2.24, 2.45) is 75.7 Å². The van der Waals surface area contributed by atoms with Gasteiger partial charge in [-0.2, -0.15) is 0 Å². The van der Waals surface area contributed by atoms with Gasteiger partial charge in [-0.15, -0.1) is 0 Å². The number of hydrogen-bond acceptors (Lipinski definition) is 8. The average Bonchev–Trinajstić information content (AvgIpc) is 3.78. The third-order valence-electron chi connectivity index (χ3n) is 21.6. The van der Waals surface area contributed by atoms with Gasteiger partial charge in [-0.25, -0.2) is 4.79 Å². The molecule has 12 bridgehead atoms. The number of esters is 2. The fraction of sp³-hybridized carbons (Fsp3) is 0.690. The van der Waals surface area contributed by atoms with Crippen LogP contribution in [0.3, 0.4) is 0 Å². The van der Waals surface area contributed by atoms with Crippen molar-refractivity contribution >= 4 is 11.9 Å². The molecule has 3 N–H and O–H groups in total. The molecule has 8 heteroatoms. The zero-order valence-corrected chi connectivity index (χ0v) is 39.5. The lowest BCUT2D eigenvalue weighted by molar-refractivity contribution is -0.282. The number of ether oxygens (including phenoxy) is 2. The molecule has 0 aromatic heterocycles. The van der Waals surface area contributed by atoms with Gasteiger partial charge in [0.1, 0.15) is 11.2 Å². The van der Waals surface area contributed by atoms with Gasteiger partial charge >= 0.3 is 11.9 Å². The summed E-state index contributed by atoms with van der Waals surface area (Å²) in [6, 6.07) is 6.92. The van der Waals surface area contributed by atoms with Crippen LogP contribution in [0.15, 0.2) is 76.4 Å². The van der Waals surface area contributed by atoms with E-state index in [0.717, 1.165) is 69.3 Å². The topological polar surface area (TPSA) is 105 Å². The Balaban J connectivity index is 1.05. The number of fused-ring (bicyclic) bond motifs is 3. The summed E-state index contributed by atoms with van der Waals surface area (Å²) in [5.41, 5.74) is 11.5. The predicted molar refractivity (Wildman–Crippen MR) is 253 cm³/mol. The number of allylic oxidation sites excluding steroid dienone is 5. The first kappa shape index (κ1) is 41.4. The number of carbonyl (C=O) groups excluding carboxylic acids is 2. The number of nitrogens with zero attached hydrogens (tertiary/aromatic N) is 2. The first-order chi connectivity index (χ1) is 32.3. The molecule has 1 aromatic carbocycles. The number of nitrogens with two attached hydrogens (primary N) is 1. The Labute approximate surface area is 392 Å². The highest BCUT2D eigenvalue weighted by Crippen LogP contribution is 2.88. The summed E-state index contributed by atoms with van der Waals surface area (Å²) < 4.78 is 14.5. The minimum absolute atomic E-state index is 0.0935. The molecule has 3 saturated heterocycles. The third kappa shape index (κ3) is 5.25. The number of hydrogen-bond donors (Lipinski definition) is 2. The van der Waals surface area contributed by atoms with Gasteiger partial charge in [-0.05, 0) is 141 Å². The summed E-state index contributed by atoms with van der Waals surface area (Å²) in [5.74, 6) is 3.87. The summed E-state index contributed by atoms with van der Waals surface area (Å²) >= 11 is 0. The summed E-state index contributed by atoms with van der Waals surface area (Å²) in [5, 5.41) is 13.4.